The number of carbonyl (C=O) groups excluding carboxylic acids is 3. The van der Waals surface area contributed by atoms with Crippen molar-refractivity contribution in [2.45, 2.75) is 32.9 Å². The van der Waals surface area contributed by atoms with Crippen LogP contribution in [-0.4, -0.2) is 28.7 Å². The fraction of sp³-hybridized carbons (Fsp3) is 0.185. The molecule has 0 radical (unpaired) electrons. The number of anilines is 1. The number of nitrogens with zero attached hydrogens (tertiary/aromatic N) is 3. The summed E-state index contributed by atoms with van der Waals surface area (Å²) in [5.74, 6) is -1.12. The zero-order valence-electron chi connectivity index (χ0n) is 18.5. The van der Waals surface area contributed by atoms with Gasteiger partial charge in [0.2, 0.25) is 5.91 Å². The Balaban J connectivity index is 1.69. The summed E-state index contributed by atoms with van der Waals surface area (Å²) < 4.78 is 0. The number of carbonyl (C=O) groups is 3. The molecule has 3 aromatic carbocycles. The average Bonchev–Trinajstić information content (AvgIpc) is 3.11. The van der Waals surface area contributed by atoms with Gasteiger partial charge < -0.3 is 4.90 Å². The van der Waals surface area contributed by atoms with E-state index in [1.807, 2.05) is 50.2 Å². The van der Waals surface area contributed by atoms with Crippen molar-refractivity contribution in [1.29, 1.82) is 5.26 Å². The highest BCUT2D eigenvalue weighted by molar-refractivity contribution is 6.23. The van der Waals surface area contributed by atoms with E-state index in [2.05, 4.69) is 0 Å². The predicted molar refractivity (Wildman–Crippen MR) is 124 cm³/mol. The summed E-state index contributed by atoms with van der Waals surface area (Å²) in [5.41, 5.74) is 4.20. The molecule has 3 amide bonds. The van der Waals surface area contributed by atoms with Gasteiger partial charge in [-0.2, -0.15) is 5.26 Å². The Morgan fingerprint density at radius 2 is 1.70 bits per heavy atom. The van der Waals surface area contributed by atoms with E-state index in [9.17, 15) is 14.4 Å². The van der Waals surface area contributed by atoms with Crippen LogP contribution in [0.5, 0.6) is 0 Å². The van der Waals surface area contributed by atoms with E-state index in [0.29, 0.717) is 16.8 Å². The Bertz CT molecular complexity index is 1260. The Morgan fingerprint density at radius 3 is 2.33 bits per heavy atom. The number of hydrogen-bond acceptors (Lipinski definition) is 4. The first kappa shape index (κ1) is 22.0. The van der Waals surface area contributed by atoms with Crippen molar-refractivity contribution in [3.8, 4) is 6.07 Å². The third kappa shape index (κ3) is 4.53. The monoisotopic (exact) mass is 437 g/mol. The lowest BCUT2D eigenvalue weighted by Gasteiger charge is -2.28. The van der Waals surface area contributed by atoms with Crippen LogP contribution < -0.4 is 4.90 Å². The Labute approximate surface area is 192 Å². The molecule has 3 aromatic rings. The normalized spacial score (nSPS) is 15.4. The minimum absolute atomic E-state index is 0.0950. The van der Waals surface area contributed by atoms with Gasteiger partial charge in [0.1, 0.15) is 6.04 Å². The second-order valence-corrected chi connectivity index (χ2v) is 8.23. The molecule has 1 atom stereocenters. The van der Waals surface area contributed by atoms with Crippen LogP contribution in [0.4, 0.5) is 5.69 Å². The second kappa shape index (κ2) is 9.09. The quantitative estimate of drug-likeness (QED) is 0.562. The third-order valence-corrected chi connectivity index (χ3v) is 5.75. The van der Waals surface area contributed by atoms with Crippen LogP contribution in [0, 0.1) is 25.2 Å². The van der Waals surface area contributed by atoms with Gasteiger partial charge in [0, 0.05) is 12.1 Å². The van der Waals surface area contributed by atoms with Crippen molar-refractivity contribution in [3.05, 3.63) is 101 Å². The summed E-state index contributed by atoms with van der Waals surface area (Å²) in [4.78, 5) is 42.4. The Morgan fingerprint density at radius 1 is 1.00 bits per heavy atom. The van der Waals surface area contributed by atoms with E-state index in [1.54, 1.807) is 42.5 Å². The van der Waals surface area contributed by atoms with Gasteiger partial charge in [0.25, 0.3) is 11.8 Å². The lowest BCUT2D eigenvalue weighted by Crippen LogP contribution is -2.45. The molecule has 1 fully saturated rings. The smallest absolute Gasteiger partial charge is 0.257 e. The lowest BCUT2D eigenvalue weighted by atomic mass is 10.1. The van der Waals surface area contributed by atoms with Crippen LogP contribution in [0.3, 0.4) is 0 Å². The number of amides is 3. The van der Waals surface area contributed by atoms with Crippen molar-refractivity contribution >= 4 is 23.4 Å². The van der Waals surface area contributed by atoms with Crippen LogP contribution in [0.25, 0.3) is 0 Å². The lowest BCUT2D eigenvalue weighted by molar-refractivity contribution is -0.122. The molecule has 1 aliphatic heterocycles. The van der Waals surface area contributed by atoms with Crippen molar-refractivity contribution < 1.29 is 14.4 Å². The highest BCUT2D eigenvalue weighted by Crippen LogP contribution is 2.28. The van der Waals surface area contributed by atoms with Gasteiger partial charge >= 0.3 is 0 Å². The number of nitriles is 1. The molecule has 164 valence electrons. The highest BCUT2D eigenvalue weighted by Gasteiger charge is 2.44. The van der Waals surface area contributed by atoms with E-state index in [-0.39, 0.29) is 24.8 Å². The molecule has 1 saturated heterocycles. The van der Waals surface area contributed by atoms with Crippen molar-refractivity contribution in [2.75, 3.05) is 4.90 Å². The SMILES string of the molecule is Cc1ccc(CN(C(=O)c2cccc(C)c2)C2CC(=O)N(c3ccc(C#N)cc3)C2=O)cc1. The van der Waals surface area contributed by atoms with E-state index in [4.69, 9.17) is 5.26 Å². The maximum atomic E-state index is 13.5. The minimum Gasteiger partial charge on any atom is -0.322 e. The standard InChI is InChI=1S/C27H23N3O3/c1-18-6-8-21(9-7-18)17-29(26(32)22-5-3-4-19(2)14-22)24-15-25(31)30(27(24)33)23-12-10-20(16-28)11-13-23/h3-14,24H,15,17H2,1-2H3. The first-order valence-corrected chi connectivity index (χ1v) is 10.7. The molecule has 1 heterocycles. The van der Waals surface area contributed by atoms with Gasteiger partial charge in [0.15, 0.2) is 0 Å². The van der Waals surface area contributed by atoms with Crippen molar-refractivity contribution in [1.82, 2.24) is 4.90 Å². The Hall–Kier alpha value is -4.24. The highest BCUT2D eigenvalue weighted by atomic mass is 16.2. The van der Waals surface area contributed by atoms with Crippen molar-refractivity contribution in [3.63, 3.8) is 0 Å². The second-order valence-electron chi connectivity index (χ2n) is 8.23. The van der Waals surface area contributed by atoms with Crippen LogP contribution in [0.1, 0.15) is 39.0 Å². The van der Waals surface area contributed by atoms with E-state index in [1.165, 1.54) is 4.90 Å². The zero-order chi connectivity index (χ0) is 23.5. The summed E-state index contributed by atoms with van der Waals surface area (Å²) in [6.07, 6.45) is -0.0950. The zero-order valence-corrected chi connectivity index (χ0v) is 18.5. The molecule has 0 N–H and O–H groups in total. The molecule has 0 bridgehead atoms. The molecule has 4 rings (SSSR count). The van der Waals surface area contributed by atoms with Crippen LogP contribution in [0.15, 0.2) is 72.8 Å². The summed E-state index contributed by atoms with van der Waals surface area (Å²) in [5, 5.41) is 9.02. The summed E-state index contributed by atoms with van der Waals surface area (Å²) in [7, 11) is 0. The number of hydrogen-bond donors (Lipinski definition) is 0. The topological polar surface area (TPSA) is 81.5 Å². The molecule has 6 heteroatoms. The van der Waals surface area contributed by atoms with Crippen molar-refractivity contribution in [2.24, 2.45) is 0 Å². The number of imide groups is 1. The first-order valence-electron chi connectivity index (χ1n) is 10.7. The van der Waals surface area contributed by atoms with E-state index in [0.717, 1.165) is 21.6 Å². The van der Waals surface area contributed by atoms with Gasteiger partial charge in [0.05, 0.1) is 23.7 Å². The van der Waals surface area contributed by atoms with E-state index < -0.39 is 11.9 Å². The van der Waals surface area contributed by atoms with Crippen LogP contribution in [-0.2, 0) is 16.1 Å². The largest absolute Gasteiger partial charge is 0.322 e. The summed E-state index contributed by atoms with van der Waals surface area (Å²) in [6, 6.07) is 22.3. The molecule has 1 aliphatic rings. The molecule has 1 unspecified atom stereocenters. The summed E-state index contributed by atoms with van der Waals surface area (Å²) in [6.45, 7) is 4.09. The van der Waals surface area contributed by atoms with Gasteiger partial charge in [-0.15, -0.1) is 0 Å². The van der Waals surface area contributed by atoms with Crippen LogP contribution in [0.2, 0.25) is 0 Å². The number of rotatable bonds is 5. The predicted octanol–water partition coefficient (Wildman–Crippen LogP) is 4.15. The van der Waals surface area contributed by atoms with Gasteiger partial charge in [-0.3, -0.25) is 14.4 Å². The molecule has 6 nitrogen and oxygen atoms in total. The first-order chi connectivity index (χ1) is 15.9. The minimum atomic E-state index is -0.914. The molecular weight excluding hydrogens is 414 g/mol. The van der Waals surface area contributed by atoms with Gasteiger partial charge in [-0.05, 0) is 55.8 Å². The molecule has 33 heavy (non-hydrogen) atoms. The van der Waals surface area contributed by atoms with Crippen LogP contribution >= 0.6 is 0 Å². The fourth-order valence-electron chi connectivity index (χ4n) is 3.97. The van der Waals surface area contributed by atoms with E-state index >= 15 is 0 Å². The maximum absolute atomic E-state index is 13.5. The fourth-order valence-corrected chi connectivity index (χ4v) is 3.97. The van der Waals surface area contributed by atoms with Gasteiger partial charge in [-0.25, -0.2) is 4.90 Å². The number of benzene rings is 3. The molecule has 0 spiro atoms. The maximum Gasteiger partial charge on any atom is 0.257 e. The third-order valence-electron chi connectivity index (χ3n) is 5.75. The average molecular weight is 437 g/mol. The summed E-state index contributed by atoms with van der Waals surface area (Å²) >= 11 is 0. The number of aryl methyl sites for hydroxylation is 2. The molecule has 0 aromatic heterocycles. The molecule has 0 aliphatic carbocycles. The molecular formula is C27H23N3O3. The molecule has 0 saturated carbocycles. The Kier molecular flexibility index (Phi) is 6.05. The van der Waals surface area contributed by atoms with Gasteiger partial charge in [-0.1, -0.05) is 47.5 Å².